The maximum atomic E-state index is 14.4. The van der Waals surface area contributed by atoms with Gasteiger partial charge in [0.05, 0.1) is 23.1 Å². The number of pyridine rings is 1. The van der Waals surface area contributed by atoms with E-state index in [1.54, 1.807) is 23.0 Å². The van der Waals surface area contributed by atoms with Gasteiger partial charge < -0.3 is 9.84 Å². The summed E-state index contributed by atoms with van der Waals surface area (Å²) in [6.45, 7) is 7.76. The van der Waals surface area contributed by atoms with E-state index in [9.17, 15) is 18.5 Å². The summed E-state index contributed by atoms with van der Waals surface area (Å²) in [5.74, 6) is -1.18. The maximum Gasteiger partial charge on any atom is 0.307 e. The molecule has 0 radical (unpaired) electrons. The Labute approximate surface area is 194 Å². The van der Waals surface area contributed by atoms with Crippen LogP contribution in [0.1, 0.15) is 44.7 Å². The summed E-state index contributed by atoms with van der Waals surface area (Å²) in [5, 5.41) is 19.0. The lowest BCUT2D eigenvalue weighted by molar-refractivity contribution is -0.136. The van der Waals surface area contributed by atoms with Crippen LogP contribution in [0.5, 0.6) is 5.88 Å². The molecule has 10 heteroatoms. The van der Waals surface area contributed by atoms with E-state index in [2.05, 4.69) is 10.1 Å². The number of carboxylic acids is 1. The minimum absolute atomic E-state index is 0.0473. The minimum atomic E-state index is -1.63. The van der Waals surface area contributed by atoms with E-state index in [4.69, 9.17) is 9.88 Å². The molecule has 2 aromatic heterocycles. The van der Waals surface area contributed by atoms with Crippen LogP contribution < -0.4 is 9.88 Å². The minimum Gasteiger partial charge on any atom is -0.481 e. The fourth-order valence-corrected chi connectivity index (χ4v) is 3.85. The van der Waals surface area contributed by atoms with Gasteiger partial charge in [-0.25, -0.2) is 18.7 Å². The fraction of sp³-hybridized carbons (Fsp3) is 0.348. The summed E-state index contributed by atoms with van der Waals surface area (Å²) < 4.78 is 33.4. The summed E-state index contributed by atoms with van der Waals surface area (Å²) in [4.78, 5) is 16.1. The number of hydrogen-bond acceptors (Lipinski definition) is 5. The molecule has 3 N–H and O–H groups in total. The summed E-state index contributed by atoms with van der Waals surface area (Å²) in [7, 11) is -1.63. The van der Waals surface area contributed by atoms with E-state index in [0.29, 0.717) is 33.0 Å². The first-order chi connectivity index (χ1) is 15.5. The van der Waals surface area contributed by atoms with E-state index >= 15 is 0 Å². The zero-order valence-corrected chi connectivity index (χ0v) is 19.7. The Hall–Kier alpha value is -3.11. The predicted octanol–water partition coefficient (Wildman–Crippen LogP) is 3.63. The molecule has 1 aromatic carbocycles. The number of carbonyl (C=O) groups is 1. The summed E-state index contributed by atoms with van der Waals surface area (Å²) in [6.07, 6.45) is 4.35. The van der Waals surface area contributed by atoms with Gasteiger partial charge in [-0.15, -0.1) is 0 Å². The Morgan fingerprint density at radius 2 is 2.06 bits per heavy atom. The number of benzene rings is 1. The molecule has 0 aliphatic rings. The second-order valence-electron chi connectivity index (χ2n) is 8.65. The van der Waals surface area contributed by atoms with Crippen LogP contribution in [0.2, 0.25) is 0 Å². The molecule has 0 bridgehead atoms. The van der Waals surface area contributed by atoms with Crippen molar-refractivity contribution in [3.63, 3.8) is 0 Å². The smallest absolute Gasteiger partial charge is 0.307 e. The van der Waals surface area contributed by atoms with Crippen molar-refractivity contribution in [2.24, 2.45) is 5.14 Å². The average molecular weight is 475 g/mol. The van der Waals surface area contributed by atoms with Crippen LogP contribution in [0, 0.1) is 5.82 Å². The van der Waals surface area contributed by atoms with Crippen LogP contribution >= 0.6 is 0 Å². The summed E-state index contributed by atoms with van der Waals surface area (Å²) in [5.41, 5.74) is 1.72. The molecule has 1 atom stereocenters. The molecule has 0 amide bonds. The highest BCUT2D eigenvalue weighted by molar-refractivity contribution is 7.82. The first-order valence-corrected chi connectivity index (χ1v) is 11.5. The lowest BCUT2D eigenvalue weighted by Crippen LogP contribution is -2.34. The number of nitrogens with two attached hydrogens (primary N) is 1. The number of aliphatic carboxylic acids is 1. The molecule has 8 nitrogen and oxygen atoms in total. The standard InChI is InChI=1S/C23H27FN4O4S/c1-14(2)18-8-16(24)9-19(20(18)10-22(29)30)15-5-6-26-21(7-15)32-13-23(3,4)28-12-17(11-27-28)33(25)31/h5-9,11-12,14H,10,13,25H2,1-4H3,(H,29,30). The van der Waals surface area contributed by atoms with Gasteiger partial charge in [-0.1, -0.05) is 13.8 Å². The van der Waals surface area contributed by atoms with E-state index in [1.807, 2.05) is 27.7 Å². The number of hydrogen-bond donors (Lipinski definition) is 2. The van der Waals surface area contributed by atoms with Gasteiger partial charge in [-0.05, 0) is 60.2 Å². The van der Waals surface area contributed by atoms with Crippen molar-refractivity contribution in [1.29, 1.82) is 0 Å². The molecule has 2 heterocycles. The highest BCUT2D eigenvalue weighted by atomic mass is 32.2. The second-order valence-corrected chi connectivity index (χ2v) is 9.71. The first-order valence-electron chi connectivity index (χ1n) is 10.3. The highest BCUT2D eigenvalue weighted by Crippen LogP contribution is 2.33. The van der Waals surface area contributed by atoms with Crippen molar-refractivity contribution in [3.8, 4) is 17.0 Å². The van der Waals surface area contributed by atoms with Gasteiger partial charge in [0.25, 0.3) is 0 Å². The van der Waals surface area contributed by atoms with E-state index in [0.717, 1.165) is 0 Å². The molecule has 0 aliphatic heterocycles. The summed E-state index contributed by atoms with van der Waals surface area (Å²) in [6, 6.07) is 6.08. The largest absolute Gasteiger partial charge is 0.481 e. The molecule has 0 spiro atoms. The van der Waals surface area contributed by atoms with Crippen LogP contribution in [0.15, 0.2) is 47.8 Å². The lowest BCUT2D eigenvalue weighted by Gasteiger charge is -2.25. The Morgan fingerprint density at radius 1 is 1.33 bits per heavy atom. The Balaban J connectivity index is 1.91. The molecular weight excluding hydrogens is 447 g/mol. The van der Waals surface area contributed by atoms with Crippen LogP contribution in [-0.4, -0.2) is 36.7 Å². The van der Waals surface area contributed by atoms with E-state index in [-0.39, 0.29) is 18.9 Å². The van der Waals surface area contributed by atoms with Crippen molar-refractivity contribution in [1.82, 2.24) is 14.8 Å². The lowest BCUT2D eigenvalue weighted by atomic mass is 9.88. The number of carboxylic acid groups (broad SMARTS) is 1. The third-order valence-corrected chi connectivity index (χ3v) is 5.91. The molecule has 0 fully saturated rings. The molecule has 1 unspecified atom stereocenters. The topological polar surface area (TPSA) is 120 Å². The number of ether oxygens (including phenoxy) is 1. The van der Waals surface area contributed by atoms with Crippen LogP contribution in [-0.2, 0) is 27.7 Å². The molecule has 33 heavy (non-hydrogen) atoms. The third-order valence-electron chi connectivity index (χ3n) is 5.23. The van der Waals surface area contributed by atoms with Gasteiger partial charge in [-0.3, -0.25) is 9.48 Å². The molecule has 0 saturated carbocycles. The van der Waals surface area contributed by atoms with Gasteiger partial charge >= 0.3 is 5.97 Å². The zero-order chi connectivity index (χ0) is 24.3. The first kappa shape index (κ1) is 24.5. The Morgan fingerprint density at radius 3 is 2.67 bits per heavy atom. The predicted molar refractivity (Wildman–Crippen MR) is 123 cm³/mol. The van der Waals surface area contributed by atoms with Gasteiger partial charge in [0.2, 0.25) is 5.88 Å². The van der Waals surface area contributed by atoms with Crippen molar-refractivity contribution >= 4 is 17.0 Å². The Bertz CT molecular complexity index is 1190. The van der Waals surface area contributed by atoms with Gasteiger partial charge in [0.15, 0.2) is 0 Å². The fourth-order valence-electron chi connectivity index (χ4n) is 3.49. The van der Waals surface area contributed by atoms with Gasteiger partial charge in [0.1, 0.15) is 23.4 Å². The molecule has 0 saturated heterocycles. The normalized spacial score (nSPS) is 12.7. The van der Waals surface area contributed by atoms with Crippen LogP contribution in [0.25, 0.3) is 11.1 Å². The molecule has 176 valence electrons. The van der Waals surface area contributed by atoms with Gasteiger partial charge in [-0.2, -0.15) is 5.10 Å². The number of aromatic nitrogens is 3. The van der Waals surface area contributed by atoms with Crippen molar-refractivity contribution < 1.29 is 23.2 Å². The van der Waals surface area contributed by atoms with Crippen LogP contribution in [0.3, 0.4) is 0 Å². The zero-order valence-electron chi connectivity index (χ0n) is 18.9. The van der Waals surface area contributed by atoms with Crippen LogP contribution in [0.4, 0.5) is 4.39 Å². The maximum absolute atomic E-state index is 14.4. The number of halogens is 1. The van der Waals surface area contributed by atoms with Crippen molar-refractivity contribution in [2.75, 3.05) is 6.61 Å². The van der Waals surface area contributed by atoms with Crippen molar-refractivity contribution in [2.45, 2.75) is 50.5 Å². The van der Waals surface area contributed by atoms with E-state index in [1.165, 1.54) is 24.5 Å². The molecule has 0 aliphatic carbocycles. The third kappa shape index (κ3) is 5.82. The number of nitrogens with zero attached hydrogens (tertiary/aromatic N) is 3. The van der Waals surface area contributed by atoms with Gasteiger partial charge in [0, 0.05) is 18.5 Å². The van der Waals surface area contributed by atoms with E-state index < -0.39 is 28.3 Å². The van der Waals surface area contributed by atoms with Crippen molar-refractivity contribution in [3.05, 3.63) is 59.8 Å². The molecule has 3 rings (SSSR count). The summed E-state index contributed by atoms with van der Waals surface area (Å²) >= 11 is 0. The quantitative estimate of drug-likeness (QED) is 0.489. The second kappa shape index (κ2) is 9.80. The molecule has 3 aromatic rings. The monoisotopic (exact) mass is 474 g/mol. The molecular formula is C23H27FN4O4S. The average Bonchev–Trinajstić information content (AvgIpc) is 3.25. The number of rotatable bonds is 9. The highest BCUT2D eigenvalue weighted by Gasteiger charge is 2.24. The SMILES string of the molecule is CC(C)c1cc(F)cc(-c2ccnc(OCC(C)(C)n3cc(S(N)=O)cn3)c2)c1CC(=O)O. The Kier molecular flexibility index (Phi) is 7.28.